The van der Waals surface area contributed by atoms with E-state index >= 15 is 0 Å². The van der Waals surface area contributed by atoms with Gasteiger partial charge in [0, 0.05) is 25.7 Å². The maximum Gasteiger partial charge on any atom is 0.373 e. The highest BCUT2D eigenvalue weighted by Gasteiger charge is 2.67. The van der Waals surface area contributed by atoms with Gasteiger partial charge in [-0.1, -0.05) is 6.08 Å². The molecule has 4 rings (SSSR count). The Morgan fingerprint density at radius 2 is 1.84 bits per heavy atom. The molecule has 1 heterocycles. The van der Waals surface area contributed by atoms with Crippen molar-refractivity contribution in [2.24, 2.45) is 17.8 Å². The van der Waals surface area contributed by atoms with E-state index in [1.807, 2.05) is 0 Å². The van der Waals surface area contributed by atoms with Crippen LogP contribution in [0.5, 0.6) is 0 Å². The van der Waals surface area contributed by atoms with Gasteiger partial charge in [-0.2, -0.15) is 0 Å². The number of ketones is 1. The standard InChI is InChI=1S/C17H20O8/c1-5-24-16(20)11-7-8-9-6-10(15(19)21-2)12(13(8)25-11)17(22-3,23-4)14(9)18/h6-9,12-13H,5H2,1-4H3/t8-,9+,12-,13-/m1/s1. The average Bonchev–Trinajstić information content (AvgIpc) is 3.08. The van der Waals surface area contributed by atoms with Crippen LogP contribution in [0.2, 0.25) is 0 Å². The summed E-state index contributed by atoms with van der Waals surface area (Å²) in [5.74, 6) is -5.14. The van der Waals surface area contributed by atoms with Crippen LogP contribution in [-0.2, 0) is 38.1 Å². The number of Topliss-reactive ketones (excluding diaryl/α,β-unsaturated/α-hetero) is 1. The summed E-state index contributed by atoms with van der Waals surface area (Å²) in [5, 5.41) is 0. The number of ether oxygens (including phenoxy) is 5. The van der Waals surface area contributed by atoms with Gasteiger partial charge in [0.2, 0.25) is 11.5 Å². The van der Waals surface area contributed by atoms with E-state index in [0.717, 1.165) is 0 Å². The first-order chi connectivity index (χ1) is 11.9. The van der Waals surface area contributed by atoms with Crippen molar-refractivity contribution in [1.29, 1.82) is 0 Å². The van der Waals surface area contributed by atoms with Gasteiger partial charge in [-0.15, -0.1) is 0 Å². The second-order valence-electron chi connectivity index (χ2n) is 5.97. The van der Waals surface area contributed by atoms with E-state index < -0.39 is 41.6 Å². The minimum absolute atomic E-state index is 0.0298. The third kappa shape index (κ3) is 2.31. The number of hydrogen-bond donors (Lipinski definition) is 0. The fourth-order valence-corrected chi connectivity index (χ4v) is 3.94. The monoisotopic (exact) mass is 352 g/mol. The second kappa shape index (κ2) is 6.27. The topological polar surface area (TPSA) is 97.4 Å². The van der Waals surface area contributed by atoms with Crippen molar-refractivity contribution < 1.29 is 38.1 Å². The summed E-state index contributed by atoms with van der Waals surface area (Å²) in [4.78, 5) is 37.1. The SMILES string of the molecule is CCOC(=O)C1=C[C@H]2[C@@H](O1)[C@H]1C(C(=O)OC)=C[C@@H]2C(=O)C1(OC)OC. The summed E-state index contributed by atoms with van der Waals surface area (Å²) in [6.45, 7) is 1.89. The highest BCUT2D eigenvalue weighted by atomic mass is 16.7. The normalized spacial score (nSPS) is 31.6. The number of allylic oxidation sites excluding steroid dienone is 1. The number of carbonyl (C=O) groups excluding carboxylic acids is 3. The Morgan fingerprint density at radius 1 is 1.16 bits per heavy atom. The van der Waals surface area contributed by atoms with Crippen molar-refractivity contribution >= 4 is 17.7 Å². The van der Waals surface area contributed by atoms with Crippen molar-refractivity contribution in [3.8, 4) is 0 Å². The van der Waals surface area contributed by atoms with Crippen LogP contribution in [0.15, 0.2) is 23.5 Å². The molecule has 4 aliphatic rings. The van der Waals surface area contributed by atoms with E-state index in [4.69, 9.17) is 23.7 Å². The third-order valence-electron chi connectivity index (χ3n) is 4.98. The van der Waals surface area contributed by atoms with Crippen molar-refractivity contribution in [1.82, 2.24) is 0 Å². The van der Waals surface area contributed by atoms with E-state index in [9.17, 15) is 14.4 Å². The van der Waals surface area contributed by atoms with Gasteiger partial charge >= 0.3 is 11.9 Å². The van der Waals surface area contributed by atoms with Crippen molar-refractivity contribution in [2.75, 3.05) is 27.9 Å². The molecule has 0 aromatic rings. The van der Waals surface area contributed by atoms with Crippen LogP contribution in [0.3, 0.4) is 0 Å². The molecule has 1 fully saturated rings. The zero-order valence-corrected chi connectivity index (χ0v) is 14.4. The lowest BCUT2D eigenvalue weighted by Gasteiger charge is -2.51. The van der Waals surface area contributed by atoms with Gasteiger partial charge in [0.1, 0.15) is 6.10 Å². The fourth-order valence-electron chi connectivity index (χ4n) is 3.94. The van der Waals surface area contributed by atoms with Crippen LogP contribution in [-0.4, -0.2) is 57.5 Å². The lowest BCUT2D eigenvalue weighted by atomic mass is 9.60. The van der Waals surface area contributed by atoms with Crippen LogP contribution in [0, 0.1) is 17.8 Å². The molecule has 0 amide bonds. The molecular formula is C17H20O8. The molecule has 1 aliphatic heterocycles. The maximum absolute atomic E-state index is 12.9. The first-order valence-corrected chi connectivity index (χ1v) is 7.95. The minimum atomic E-state index is -1.66. The molecule has 4 atom stereocenters. The Morgan fingerprint density at radius 3 is 2.40 bits per heavy atom. The summed E-state index contributed by atoms with van der Waals surface area (Å²) >= 11 is 0. The van der Waals surface area contributed by atoms with Gasteiger partial charge in [0.25, 0.3) is 0 Å². The number of fused-ring (bicyclic) bond motifs is 1. The predicted octanol–water partition coefficient (Wildman–Crippen LogP) is 0.366. The van der Waals surface area contributed by atoms with Crippen LogP contribution in [0.4, 0.5) is 0 Å². The number of rotatable bonds is 5. The Kier molecular flexibility index (Phi) is 4.42. The summed E-state index contributed by atoms with van der Waals surface area (Å²) < 4.78 is 26.4. The molecule has 25 heavy (non-hydrogen) atoms. The number of hydrogen-bond acceptors (Lipinski definition) is 8. The maximum atomic E-state index is 12.9. The van der Waals surface area contributed by atoms with Crippen LogP contribution in [0.25, 0.3) is 0 Å². The first kappa shape index (κ1) is 17.6. The van der Waals surface area contributed by atoms with Gasteiger partial charge in [0.05, 0.1) is 25.6 Å². The lowest BCUT2D eigenvalue weighted by Crippen LogP contribution is -2.66. The fraction of sp³-hybridized carbons (Fsp3) is 0.588. The average molecular weight is 352 g/mol. The smallest absolute Gasteiger partial charge is 0.373 e. The van der Waals surface area contributed by atoms with Gasteiger partial charge < -0.3 is 23.7 Å². The van der Waals surface area contributed by atoms with Gasteiger partial charge in [-0.3, -0.25) is 4.79 Å². The second-order valence-corrected chi connectivity index (χ2v) is 5.97. The van der Waals surface area contributed by atoms with E-state index in [0.29, 0.717) is 0 Å². The molecule has 8 nitrogen and oxygen atoms in total. The minimum Gasteiger partial charge on any atom is -0.482 e. The summed E-state index contributed by atoms with van der Waals surface area (Å²) in [5.41, 5.74) is 0.246. The molecule has 0 saturated heterocycles. The summed E-state index contributed by atoms with van der Waals surface area (Å²) in [6, 6.07) is 0. The summed E-state index contributed by atoms with van der Waals surface area (Å²) in [7, 11) is 3.92. The molecule has 3 aliphatic carbocycles. The van der Waals surface area contributed by atoms with E-state index in [2.05, 4.69) is 0 Å². The van der Waals surface area contributed by atoms with Crippen molar-refractivity contribution in [2.45, 2.75) is 18.8 Å². The Balaban J connectivity index is 2.05. The Bertz CT molecular complexity index is 672. The molecule has 0 aromatic carbocycles. The molecule has 0 radical (unpaired) electrons. The van der Waals surface area contributed by atoms with Gasteiger partial charge in [0.15, 0.2) is 5.78 Å². The van der Waals surface area contributed by atoms with Gasteiger partial charge in [-0.25, -0.2) is 9.59 Å². The highest BCUT2D eigenvalue weighted by Crippen LogP contribution is 2.54. The van der Waals surface area contributed by atoms with E-state index in [1.54, 1.807) is 19.1 Å². The number of methoxy groups -OCH3 is 3. The predicted molar refractivity (Wildman–Crippen MR) is 81.9 cm³/mol. The molecule has 0 N–H and O–H groups in total. The molecule has 0 unspecified atom stereocenters. The molecule has 1 saturated carbocycles. The highest BCUT2D eigenvalue weighted by molar-refractivity contribution is 6.01. The molecule has 8 heteroatoms. The number of carbonyl (C=O) groups is 3. The molecule has 136 valence electrons. The quantitative estimate of drug-likeness (QED) is 0.517. The Labute approximate surface area is 144 Å². The molecule has 0 spiro atoms. The molecule has 2 bridgehead atoms. The van der Waals surface area contributed by atoms with Crippen LogP contribution in [0.1, 0.15) is 6.92 Å². The molecular weight excluding hydrogens is 332 g/mol. The molecule has 0 aromatic heterocycles. The zero-order chi connectivity index (χ0) is 18.4. The summed E-state index contributed by atoms with van der Waals surface area (Å²) in [6.07, 6.45) is 2.48. The first-order valence-electron chi connectivity index (χ1n) is 7.95. The number of esters is 2. The van der Waals surface area contributed by atoms with Gasteiger partial charge in [-0.05, 0) is 13.0 Å². The van der Waals surface area contributed by atoms with Crippen LogP contribution < -0.4 is 0 Å². The van der Waals surface area contributed by atoms with Crippen LogP contribution >= 0.6 is 0 Å². The zero-order valence-electron chi connectivity index (χ0n) is 14.4. The third-order valence-corrected chi connectivity index (χ3v) is 4.98. The van der Waals surface area contributed by atoms with E-state index in [1.165, 1.54) is 21.3 Å². The van der Waals surface area contributed by atoms with Crippen molar-refractivity contribution in [3.63, 3.8) is 0 Å². The lowest BCUT2D eigenvalue weighted by molar-refractivity contribution is -0.256. The van der Waals surface area contributed by atoms with Crippen molar-refractivity contribution in [3.05, 3.63) is 23.5 Å². The van der Waals surface area contributed by atoms with E-state index in [-0.39, 0.29) is 23.7 Å². The Hall–Kier alpha value is -2.19. The largest absolute Gasteiger partial charge is 0.482 e.